The Morgan fingerprint density at radius 1 is 1.17 bits per heavy atom. The number of ether oxygens (including phenoxy) is 2. The number of rotatable bonds is 8. The summed E-state index contributed by atoms with van der Waals surface area (Å²) in [6.45, 7) is 0.904. The lowest BCUT2D eigenvalue weighted by molar-refractivity contribution is -0.135. The molecule has 4 rings (SSSR count). The molecule has 0 bridgehead atoms. The number of carbonyl (C=O) groups is 2. The van der Waals surface area contributed by atoms with E-state index in [1.54, 1.807) is 30.3 Å². The monoisotopic (exact) mass is 500 g/mol. The first-order valence-corrected chi connectivity index (χ1v) is 11.6. The number of nitrogens with one attached hydrogen (secondary N) is 1. The lowest BCUT2D eigenvalue weighted by Gasteiger charge is -2.40. The van der Waals surface area contributed by atoms with E-state index in [4.69, 9.17) is 9.47 Å². The zero-order valence-corrected chi connectivity index (χ0v) is 20.0. The lowest BCUT2D eigenvalue weighted by atomic mass is 9.77. The van der Waals surface area contributed by atoms with Crippen molar-refractivity contribution in [1.82, 2.24) is 10.2 Å². The van der Waals surface area contributed by atoms with Crippen molar-refractivity contribution in [2.45, 2.75) is 44.2 Å². The van der Waals surface area contributed by atoms with Crippen LogP contribution in [0.2, 0.25) is 0 Å². The van der Waals surface area contributed by atoms with Gasteiger partial charge in [-0.1, -0.05) is 12.1 Å². The predicted octanol–water partition coefficient (Wildman–Crippen LogP) is 0.998. The minimum absolute atomic E-state index is 0.0144. The number of hydrogen-bond donors (Lipinski definition) is 4. The molecule has 1 aliphatic heterocycles. The molecule has 4 N–H and O–H groups in total. The molecule has 0 fully saturated rings. The molecule has 1 aliphatic carbocycles. The highest BCUT2D eigenvalue weighted by Gasteiger charge is 2.51. The van der Waals surface area contributed by atoms with Gasteiger partial charge < -0.3 is 35.0 Å². The number of methoxy groups -OCH3 is 1. The van der Waals surface area contributed by atoms with Gasteiger partial charge in [-0.25, -0.2) is 4.39 Å². The van der Waals surface area contributed by atoms with E-state index >= 15 is 0 Å². The molecule has 1 heterocycles. The van der Waals surface area contributed by atoms with Crippen LogP contribution in [0.15, 0.2) is 48.0 Å². The summed E-state index contributed by atoms with van der Waals surface area (Å²) in [4.78, 5) is 27.3. The van der Waals surface area contributed by atoms with Gasteiger partial charge in [-0.3, -0.25) is 9.59 Å². The van der Waals surface area contributed by atoms with Crippen molar-refractivity contribution in [3.8, 4) is 11.5 Å². The molecule has 10 heteroatoms. The number of aliphatic hydroxyl groups excluding tert-OH is 3. The van der Waals surface area contributed by atoms with Crippen LogP contribution in [0, 0.1) is 5.82 Å². The minimum atomic E-state index is -1.22. The van der Waals surface area contributed by atoms with Crippen molar-refractivity contribution in [3.05, 3.63) is 70.6 Å². The molecule has 0 spiro atoms. The summed E-state index contributed by atoms with van der Waals surface area (Å²) in [5.74, 6) is -1.26. The Morgan fingerprint density at radius 2 is 1.89 bits per heavy atom. The molecule has 192 valence electrons. The number of benzene rings is 2. The highest BCUT2D eigenvalue weighted by atomic mass is 19.1. The molecule has 36 heavy (non-hydrogen) atoms. The van der Waals surface area contributed by atoms with Gasteiger partial charge in [0.1, 0.15) is 18.0 Å². The Kier molecular flexibility index (Phi) is 7.58. The van der Waals surface area contributed by atoms with E-state index in [0.717, 1.165) is 0 Å². The van der Waals surface area contributed by atoms with Crippen LogP contribution in [0.1, 0.15) is 29.5 Å². The van der Waals surface area contributed by atoms with Crippen LogP contribution in [0.4, 0.5) is 4.39 Å². The molecule has 2 aliphatic rings. The van der Waals surface area contributed by atoms with Crippen molar-refractivity contribution in [1.29, 1.82) is 0 Å². The molecule has 2 aromatic carbocycles. The zero-order valence-electron chi connectivity index (χ0n) is 20.0. The maximum absolute atomic E-state index is 13.4. The summed E-state index contributed by atoms with van der Waals surface area (Å²) in [5.41, 5.74) is 2.01. The van der Waals surface area contributed by atoms with E-state index in [1.165, 1.54) is 31.1 Å². The first kappa shape index (κ1) is 25.6. The molecule has 0 saturated heterocycles. The van der Waals surface area contributed by atoms with Gasteiger partial charge in [-0.05, 0) is 41.5 Å². The maximum Gasteiger partial charge on any atom is 0.247 e. The fraction of sp³-hybridized carbons (Fsp3) is 0.385. The van der Waals surface area contributed by atoms with Crippen LogP contribution in [0.3, 0.4) is 0 Å². The smallest absolute Gasteiger partial charge is 0.247 e. The molecule has 0 aromatic heterocycles. The Hall–Kier alpha value is -3.47. The highest BCUT2D eigenvalue weighted by molar-refractivity contribution is 5.96. The second-order valence-electron chi connectivity index (χ2n) is 8.79. The standard InChI is InChI=1S/C26H29FN2O7/c1-14(32)29(12-15-3-5-17(27)6-4-15)20-11-19(26(34)28-7-8-30)22-18-9-16(13-31)10-21(35-2)24(18)36-25(22)23(20)33/h3-6,9-11,20,22-23,25,30-31,33H,7-8,12-13H2,1-2H3,(H,28,34)/t20-,22+,23+,25+/m1/s1. The third-order valence-electron chi connectivity index (χ3n) is 6.53. The van der Waals surface area contributed by atoms with Crippen LogP contribution in [-0.2, 0) is 22.7 Å². The molecular weight excluding hydrogens is 471 g/mol. The molecule has 0 saturated carbocycles. The Labute approximate surface area is 207 Å². The Balaban J connectivity index is 1.79. The summed E-state index contributed by atoms with van der Waals surface area (Å²) < 4.78 is 25.0. The highest BCUT2D eigenvalue weighted by Crippen LogP contribution is 2.51. The minimum Gasteiger partial charge on any atom is -0.493 e. The van der Waals surface area contributed by atoms with Crippen LogP contribution >= 0.6 is 0 Å². The lowest BCUT2D eigenvalue weighted by Crippen LogP contribution is -2.55. The van der Waals surface area contributed by atoms with Crippen molar-refractivity contribution >= 4 is 11.8 Å². The second-order valence-corrected chi connectivity index (χ2v) is 8.79. The molecule has 2 aromatic rings. The van der Waals surface area contributed by atoms with E-state index in [2.05, 4.69) is 5.32 Å². The van der Waals surface area contributed by atoms with Gasteiger partial charge in [0, 0.05) is 31.1 Å². The number of fused-ring (bicyclic) bond motifs is 3. The van der Waals surface area contributed by atoms with Crippen LogP contribution < -0.4 is 14.8 Å². The van der Waals surface area contributed by atoms with Crippen molar-refractivity contribution < 1.29 is 38.8 Å². The molecule has 0 radical (unpaired) electrons. The number of amides is 2. The van der Waals surface area contributed by atoms with E-state index in [9.17, 15) is 29.3 Å². The van der Waals surface area contributed by atoms with E-state index < -0.39 is 35.9 Å². The summed E-state index contributed by atoms with van der Waals surface area (Å²) >= 11 is 0. The van der Waals surface area contributed by atoms with E-state index in [1.807, 2.05) is 0 Å². The van der Waals surface area contributed by atoms with Crippen molar-refractivity contribution in [3.63, 3.8) is 0 Å². The van der Waals surface area contributed by atoms with Gasteiger partial charge in [0.15, 0.2) is 11.5 Å². The second kappa shape index (κ2) is 10.7. The molecular formula is C26H29FN2O7. The van der Waals surface area contributed by atoms with Gasteiger partial charge in [0.05, 0.1) is 32.3 Å². The van der Waals surface area contributed by atoms with Gasteiger partial charge in [0.25, 0.3) is 0 Å². The fourth-order valence-electron chi connectivity index (χ4n) is 4.83. The fourth-order valence-corrected chi connectivity index (χ4v) is 4.83. The first-order chi connectivity index (χ1) is 17.3. The molecule has 2 amide bonds. The van der Waals surface area contributed by atoms with Gasteiger partial charge in [-0.15, -0.1) is 0 Å². The number of halogens is 1. The number of carbonyl (C=O) groups excluding carboxylic acids is 2. The average molecular weight is 501 g/mol. The number of hydrogen-bond acceptors (Lipinski definition) is 7. The number of nitrogens with zero attached hydrogens (tertiary/aromatic N) is 1. The first-order valence-electron chi connectivity index (χ1n) is 11.6. The Bertz CT molecular complexity index is 1170. The predicted molar refractivity (Wildman–Crippen MR) is 127 cm³/mol. The van der Waals surface area contributed by atoms with Crippen molar-refractivity contribution in [2.75, 3.05) is 20.3 Å². The van der Waals surface area contributed by atoms with E-state index in [0.29, 0.717) is 28.2 Å². The van der Waals surface area contributed by atoms with Crippen molar-refractivity contribution in [2.24, 2.45) is 0 Å². The SMILES string of the molecule is COc1cc(CO)cc2c1O[C@@H]1[C@@H](O)[C@H](N(Cc3ccc(F)cc3)C(C)=O)C=C(C(=O)NCCO)[C@H]21. The normalized spacial score (nSPS) is 22.1. The topological polar surface area (TPSA) is 129 Å². The van der Waals surface area contributed by atoms with E-state index in [-0.39, 0.29) is 37.8 Å². The molecule has 4 atom stereocenters. The molecule has 9 nitrogen and oxygen atoms in total. The third kappa shape index (κ3) is 4.79. The summed E-state index contributed by atoms with van der Waals surface area (Å²) in [6, 6.07) is 8.05. The van der Waals surface area contributed by atoms with Crippen LogP contribution in [0.5, 0.6) is 11.5 Å². The summed E-state index contributed by atoms with van der Waals surface area (Å²) in [5, 5.41) is 33.0. The maximum atomic E-state index is 13.4. The van der Waals surface area contributed by atoms with Crippen LogP contribution in [0.25, 0.3) is 0 Å². The van der Waals surface area contributed by atoms with Crippen LogP contribution in [-0.4, -0.2) is 70.5 Å². The average Bonchev–Trinajstić information content (AvgIpc) is 3.26. The quantitative estimate of drug-likeness (QED) is 0.426. The van der Waals surface area contributed by atoms with Gasteiger partial charge >= 0.3 is 0 Å². The van der Waals surface area contributed by atoms with Gasteiger partial charge in [-0.2, -0.15) is 0 Å². The third-order valence-corrected chi connectivity index (χ3v) is 6.53. The molecule has 0 unspecified atom stereocenters. The number of aliphatic hydroxyl groups is 3. The zero-order chi connectivity index (χ0) is 26.0. The Morgan fingerprint density at radius 3 is 2.50 bits per heavy atom. The summed E-state index contributed by atoms with van der Waals surface area (Å²) in [7, 11) is 1.45. The largest absolute Gasteiger partial charge is 0.493 e. The summed E-state index contributed by atoms with van der Waals surface area (Å²) in [6.07, 6.45) is -0.605. The van der Waals surface area contributed by atoms with Gasteiger partial charge in [0.2, 0.25) is 11.8 Å².